The molecule has 2 aliphatic carbocycles. The highest BCUT2D eigenvalue weighted by Crippen LogP contribution is 2.69. The van der Waals surface area contributed by atoms with Crippen LogP contribution in [-0.4, -0.2) is 26.6 Å². The molecule has 2 unspecified atom stereocenters. The number of alkyl halides is 3. The molecule has 3 N–H and O–H groups in total. The summed E-state index contributed by atoms with van der Waals surface area (Å²) in [7, 11) is 0. The molecule has 0 radical (unpaired) electrons. The van der Waals surface area contributed by atoms with Gasteiger partial charge in [-0.2, -0.15) is 18.3 Å². The van der Waals surface area contributed by atoms with Gasteiger partial charge in [-0.05, 0) is 79.0 Å². The number of nitrogens with zero attached hydrogens (tertiary/aromatic N) is 3. The SMILES string of the molecule is C=C(F)/C=C(\C=C(/C)F)C[C@H](NC(=O)Cn1nc(C(F)(F)F)c2c1C1(C)CCC2C1(C)C)c1ncccc1-c1ccc(F)c(C(N)=O)c1. The standard InChI is InChI=1S/C35H35F6N5O2/c1-18(36)13-20(14-19(2)37)15-26(29-22(7-6-12-43-29)21-8-9-25(38)23(16-21)32(42)48)44-27(47)17-46-31-28(30(45-46)35(39,40)41)24-10-11-34(31,5)33(24,3)4/h6-9,12-14,16,24,26H,1,10-11,15,17H2,2-5H3,(H2,42,48)(H,44,47)/b19-14+,20-13+/t24?,26-,34?/m0/s1. The molecular formula is C35H35F6N5O2. The normalized spacial score (nSPS) is 20.8. The topological polar surface area (TPSA) is 103 Å². The van der Waals surface area contributed by atoms with E-state index in [2.05, 4.69) is 22.0 Å². The van der Waals surface area contributed by atoms with Gasteiger partial charge >= 0.3 is 6.18 Å². The maximum Gasteiger partial charge on any atom is 0.435 e. The molecule has 2 heterocycles. The molecule has 48 heavy (non-hydrogen) atoms. The highest BCUT2D eigenvalue weighted by atomic mass is 19.4. The number of fused-ring (bicyclic) bond motifs is 5. The molecule has 2 bridgehead atoms. The van der Waals surface area contributed by atoms with Crippen molar-refractivity contribution in [2.75, 3.05) is 0 Å². The number of amides is 2. The Morgan fingerprint density at radius 1 is 1.19 bits per heavy atom. The van der Waals surface area contributed by atoms with Crippen molar-refractivity contribution in [1.29, 1.82) is 0 Å². The van der Waals surface area contributed by atoms with E-state index < -0.39 is 70.1 Å². The van der Waals surface area contributed by atoms with Crippen LogP contribution in [0, 0.1) is 11.2 Å². The van der Waals surface area contributed by atoms with Crippen molar-refractivity contribution in [3.8, 4) is 11.1 Å². The number of halogens is 6. The van der Waals surface area contributed by atoms with E-state index in [4.69, 9.17) is 5.73 Å². The molecule has 0 spiro atoms. The first-order valence-electron chi connectivity index (χ1n) is 15.3. The second-order valence-electron chi connectivity index (χ2n) is 13.1. The Labute approximate surface area is 273 Å². The Morgan fingerprint density at radius 2 is 1.90 bits per heavy atom. The number of pyridine rings is 1. The van der Waals surface area contributed by atoms with Crippen LogP contribution in [0.25, 0.3) is 11.1 Å². The average Bonchev–Trinajstić information content (AvgIpc) is 3.52. The molecule has 0 aliphatic heterocycles. The Morgan fingerprint density at radius 3 is 2.52 bits per heavy atom. The number of benzene rings is 1. The van der Waals surface area contributed by atoms with Gasteiger partial charge in [0.25, 0.3) is 5.91 Å². The van der Waals surface area contributed by atoms with E-state index in [1.807, 2.05) is 20.8 Å². The maximum atomic E-state index is 14.3. The predicted octanol–water partition coefficient (Wildman–Crippen LogP) is 7.91. The van der Waals surface area contributed by atoms with Crippen LogP contribution in [0.15, 0.2) is 72.5 Å². The Bertz CT molecular complexity index is 1870. The summed E-state index contributed by atoms with van der Waals surface area (Å²) < 4.78 is 86.4. The molecule has 13 heteroatoms. The summed E-state index contributed by atoms with van der Waals surface area (Å²) in [5.74, 6) is -4.56. The molecule has 1 saturated carbocycles. The van der Waals surface area contributed by atoms with Crippen LogP contribution in [0.4, 0.5) is 26.3 Å². The largest absolute Gasteiger partial charge is 0.435 e. The van der Waals surface area contributed by atoms with Crippen LogP contribution in [-0.2, 0) is 22.9 Å². The third kappa shape index (κ3) is 6.17. The fourth-order valence-electron chi connectivity index (χ4n) is 7.41. The average molecular weight is 672 g/mol. The Balaban J connectivity index is 1.58. The van der Waals surface area contributed by atoms with E-state index in [9.17, 15) is 35.9 Å². The first-order chi connectivity index (χ1) is 22.3. The van der Waals surface area contributed by atoms with Crippen molar-refractivity contribution >= 4 is 11.8 Å². The lowest BCUT2D eigenvalue weighted by atomic mass is 9.70. The van der Waals surface area contributed by atoms with Gasteiger partial charge in [0.15, 0.2) is 5.69 Å². The molecule has 5 rings (SSSR count). The first-order valence-corrected chi connectivity index (χ1v) is 15.3. The smallest absolute Gasteiger partial charge is 0.366 e. The van der Waals surface area contributed by atoms with Crippen molar-refractivity contribution in [3.63, 3.8) is 0 Å². The molecule has 3 atom stereocenters. The van der Waals surface area contributed by atoms with Gasteiger partial charge in [0.05, 0.1) is 23.1 Å². The number of primary amides is 1. The first kappa shape index (κ1) is 34.6. The molecule has 7 nitrogen and oxygen atoms in total. The van der Waals surface area contributed by atoms with E-state index in [1.165, 1.54) is 18.3 Å². The minimum atomic E-state index is -4.74. The zero-order valence-corrected chi connectivity index (χ0v) is 26.8. The van der Waals surface area contributed by atoms with Crippen molar-refractivity contribution < 1.29 is 35.9 Å². The Hall–Kier alpha value is -4.68. The second-order valence-corrected chi connectivity index (χ2v) is 13.1. The summed E-state index contributed by atoms with van der Waals surface area (Å²) in [4.78, 5) is 30.1. The molecule has 3 aromatic rings. The van der Waals surface area contributed by atoms with Gasteiger partial charge in [-0.1, -0.05) is 39.5 Å². The molecule has 254 valence electrons. The number of carbonyl (C=O) groups excluding carboxylic acids is 2. The third-order valence-electron chi connectivity index (χ3n) is 9.86. The quantitative estimate of drug-likeness (QED) is 0.169. The molecular weight excluding hydrogens is 636 g/mol. The number of nitrogens with two attached hydrogens (primary N) is 1. The molecule has 0 saturated heterocycles. The molecule has 2 amide bonds. The monoisotopic (exact) mass is 671 g/mol. The third-order valence-corrected chi connectivity index (χ3v) is 9.86. The van der Waals surface area contributed by atoms with Crippen LogP contribution in [0.1, 0.15) is 91.9 Å². The summed E-state index contributed by atoms with van der Waals surface area (Å²) in [5.41, 5.74) is 4.14. The highest BCUT2D eigenvalue weighted by Gasteiger charge is 2.64. The maximum absolute atomic E-state index is 14.3. The van der Waals surface area contributed by atoms with Crippen LogP contribution in [0.2, 0.25) is 0 Å². The van der Waals surface area contributed by atoms with Crippen LogP contribution >= 0.6 is 0 Å². The predicted molar refractivity (Wildman–Crippen MR) is 167 cm³/mol. The molecule has 1 aromatic carbocycles. The van der Waals surface area contributed by atoms with Crippen LogP contribution in [0.3, 0.4) is 0 Å². The zero-order chi connectivity index (χ0) is 35.3. The number of aromatic nitrogens is 3. The van der Waals surface area contributed by atoms with Gasteiger partial charge in [-0.25, -0.2) is 13.2 Å². The summed E-state index contributed by atoms with van der Waals surface area (Å²) >= 11 is 0. The minimum Gasteiger partial charge on any atom is -0.366 e. The summed E-state index contributed by atoms with van der Waals surface area (Å²) in [6, 6.07) is 5.65. The number of carbonyl (C=O) groups is 2. The Kier molecular flexibility index (Phi) is 8.95. The lowest BCUT2D eigenvalue weighted by molar-refractivity contribution is -0.142. The zero-order valence-electron chi connectivity index (χ0n) is 26.8. The lowest BCUT2D eigenvalue weighted by Crippen LogP contribution is -2.37. The second kappa shape index (κ2) is 12.4. The van der Waals surface area contributed by atoms with E-state index in [1.54, 1.807) is 12.1 Å². The van der Waals surface area contributed by atoms with E-state index in [0.29, 0.717) is 29.7 Å². The summed E-state index contributed by atoms with van der Waals surface area (Å²) in [6.45, 7) is 9.53. The van der Waals surface area contributed by atoms with E-state index in [-0.39, 0.29) is 29.2 Å². The van der Waals surface area contributed by atoms with Gasteiger partial charge < -0.3 is 11.1 Å². The molecule has 2 aliphatic rings. The number of allylic oxidation sites excluding steroid dienone is 4. The molecule has 2 aromatic heterocycles. The van der Waals surface area contributed by atoms with Gasteiger partial charge in [0, 0.05) is 28.4 Å². The van der Waals surface area contributed by atoms with Crippen LogP contribution < -0.4 is 11.1 Å². The molecule has 1 fully saturated rings. The number of hydrogen-bond donors (Lipinski definition) is 2. The highest BCUT2D eigenvalue weighted by molar-refractivity contribution is 5.94. The lowest BCUT2D eigenvalue weighted by Gasteiger charge is -2.35. The van der Waals surface area contributed by atoms with Gasteiger partial charge in [0.2, 0.25) is 5.91 Å². The van der Waals surface area contributed by atoms with Crippen molar-refractivity contribution in [2.24, 2.45) is 11.1 Å². The van der Waals surface area contributed by atoms with Gasteiger partial charge in [-0.3, -0.25) is 19.3 Å². The van der Waals surface area contributed by atoms with E-state index in [0.717, 1.165) is 29.8 Å². The van der Waals surface area contributed by atoms with Crippen molar-refractivity contribution in [2.45, 2.75) is 77.1 Å². The number of rotatable bonds is 10. The fourth-order valence-corrected chi connectivity index (χ4v) is 7.41. The fraction of sp³-hybridized carbons (Fsp3) is 0.371. The van der Waals surface area contributed by atoms with E-state index >= 15 is 0 Å². The minimum absolute atomic E-state index is 0.0762. The van der Waals surface area contributed by atoms with Crippen LogP contribution in [0.5, 0.6) is 0 Å². The van der Waals surface area contributed by atoms with Crippen molar-refractivity contribution in [3.05, 3.63) is 107 Å². The van der Waals surface area contributed by atoms with Gasteiger partial charge in [-0.15, -0.1) is 0 Å². The van der Waals surface area contributed by atoms with Crippen molar-refractivity contribution in [1.82, 2.24) is 20.1 Å². The summed E-state index contributed by atoms with van der Waals surface area (Å²) in [6.07, 6.45) is -0.350. The summed E-state index contributed by atoms with van der Waals surface area (Å²) in [5, 5.41) is 6.70. The number of nitrogens with one attached hydrogen (secondary N) is 1. The number of hydrogen-bond acceptors (Lipinski definition) is 4. The van der Waals surface area contributed by atoms with Gasteiger partial charge in [0.1, 0.15) is 18.2 Å².